The molecule has 7 nitrogen and oxygen atoms in total. The Bertz CT molecular complexity index is 813. The number of anilines is 1. The summed E-state index contributed by atoms with van der Waals surface area (Å²) >= 11 is 5.98. The van der Waals surface area contributed by atoms with Crippen molar-refractivity contribution >= 4 is 29.4 Å². The van der Waals surface area contributed by atoms with Crippen molar-refractivity contribution in [3.8, 4) is 11.1 Å². The third-order valence-electron chi connectivity index (χ3n) is 2.82. The second-order valence-electron chi connectivity index (χ2n) is 4.08. The van der Waals surface area contributed by atoms with Crippen LogP contribution in [0.1, 0.15) is 20.7 Å². The van der Waals surface area contributed by atoms with Crippen molar-refractivity contribution in [1.29, 1.82) is 0 Å². The summed E-state index contributed by atoms with van der Waals surface area (Å²) in [6.45, 7) is 0. The molecule has 0 atom stereocenters. The van der Waals surface area contributed by atoms with E-state index < -0.39 is 34.4 Å². The van der Waals surface area contributed by atoms with E-state index in [1.165, 1.54) is 18.2 Å². The summed E-state index contributed by atoms with van der Waals surface area (Å²) in [5, 5.41) is 18.6. The molecular weight excluding hydrogens is 300 g/mol. The lowest BCUT2D eigenvalue weighted by Crippen LogP contribution is -2.24. The summed E-state index contributed by atoms with van der Waals surface area (Å²) in [7, 11) is 0. The highest BCUT2D eigenvalue weighted by atomic mass is 35.5. The van der Waals surface area contributed by atoms with E-state index in [0.717, 1.165) is 0 Å². The Labute approximate surface area is 122 Å². The van der Waals surface area contributed by atoms with Crippen LogP contribution in [0.4, 0.5) is 5.82 Å². The van der Waals surface area contributed by atoms with E-state index in [4.69, 9.17) is 17.3 Å². The van der Waals surface area contributed by atoms with Crippen LogP contribution in [0.2, 0.25) is 5.02 Å². The van der Waals surface area contributed by atoms with Crippen LogP contribution in [0.25, 0.3) is 11.1 Å². The molecule has 0 saturated carbocycles. The lowest BCUT2D eigenvalue weighted by Gasteiger charge is -2.13. The van der Waals surface area contributed by atoms with E-state index in [9.17, 15) is 24.6 Å². The number of pyridine rings is 1. The number of aromatic carboxylic acids is 2. The number of rotatable bonds is 3. The Hall–Kier alpha value is -2.80. The summed E-state index contributed by atoms with van der Waals surface area (Å²) in [6.07, 6.45) is 0. The standard InChI is InChI=1S/C13H9ClN2O5/c14-6-4-2-1-3-5(6)7-8(12(18)19)10(15)16-11(17)9(7)13(20)21/h1-4H,(H,18,19)(H,20,21)(H3,15,16,17). The number of carboxylic acid groups (broad SMARTS) is 2. The second kappa shape index (κ2) is 5.29. The minimum atomic E-state index is -1.58. The van der Waals surface area contributed by atoms with Gasteiger partial charge in [-0.1, -0.05) is 29.8 Å². The lowest BCUT2D eigenvalue weighted by molar-refractivity contribution is 0.0695. The Kier molecular flexibility index (Phi) is 3.68. The fraction of sp³-hybridized carbons (Fsp3) is 0. The number of halogens is 1. The van der Waals surface area contributed by atoms with Crippen molar-refractivity contribution in [3.63, 3.8) is 0 Å². The van der Waals surface area contributed by atoms with Crippen LogP contribution in [0.15, 0.2) is 29.1 Å². The van der Waals surface area contributed by atoms with Gasteiger partial charge in [-0.15, -0.1) is 0 Å². The number of aromatic nitrogens is 1. The predicted molar refractivity (Wildman–Crippen MR) is 75.8 cm³/mol. The lowest BCUT2D eigenvalue weighted by atomic mass is 9.95. The first kappa shape index (κ1) is 14.6. The van der Waals surface area contributed by atoms with Crippen molar-refractivity contribution < 1.29 is 19.8 Å². The van der Waals surface area contributed by atoms with Crippen LogP contribution >= 0.6 is 11.6 Å². The van der Waals surface area contributed by atoms with Crippen molar-refractivity contribution in [2.45, 2.75) is 0 Å². The molecule has 0 aliphatic rings. The van der Waals surface area contributed by atoms with Crippen LogP contribution in [-0.2, 0) is 0 Å². The number of benzene rings is 1. The SMILES string of the molecule is Nc1[nH]c(=O)c(C(=O)O)c(-c2ccccc2Cl)c1C(=O)O. The summed E-state index contributed by atoms with van der Waals surface area (Å²) in [5.74, 6) is -3.48. The maximum atomic E-state index is 11.8. The molecule has 2 aromatic rings. The molecule has 1 aromatic carbocycles. The van der Waals surface area contributed by atoms with E-state index in [2.05, 4.69) is 0 Å². The van der Waals surface area contributed by atoms with Gasteiger partial charge in [0.2, 0.25) is 0 Å². The minimum absolute atomic E-state index is 0.103. The van der Waals surface area contributed by atoms with Gasteiger partial charge in [-0.05, 0) is 6.07 Å². The van der Waals surface area contributed by atoms with Crippen molar-refractivity contribution in [1.82, 2.24) is 4.98 Å². The van der Waals surface area contributed by atoms with Gasteiger partial charge in [0, 0.05) is 16.1 Å². The zero-order chi connectivity index (χ0) is 15.7. The van der Waals surface area contributed by atoms with E-state index in [0.29, 0.717) is 0 Å². The third kappa shape index (κ3) is 2.46. The number of hydrogen-bond donors (Lipinski definition) is 4. The van der Waals surface area contributed by atoms with Crippen molar-refractivity contribution in [3.05, 3.63) is 50.8 Å². The van der Waals surface area contributed by atoms with E-state index >= 15 is 0 Å². The normalized spacial score (nSPS) is 10.3. The van der Waals surface area contributed by atoms with Crippen LogP contribution in [0.3, 0.4) is 0 Å². The zero-order valence-electron chi connectivity index (χ0n) is 10.4. The summed E-state index contributed by atoms with van der Waals surface area (Å²) in [5.41, 5.74) is 3.05. The molecule has 1 heterocycles. The molecule has 0 radical (unpaired) electrons. The molecule has 0 amide bonds. The van der Waals surface area contributed by atoms with Gasteiger partial charge < -0.3 is 20.9 Å². The molecule has 2 rings (SSSR count). The summed E-state index contributed by atoms with van der Waals surface area (Å²) in [6, 6.07) is 5.99. The molecule has 108 valence electrons. The predicted octanol–water partition coefficient (Wildman–Crippen LogP) is 1.67. The quantitative estimate of drug-likeness (QED) is 0.681. The van der Waals surface area contributed by atoms with Crippen LogP contribution < -0.4 is 11.3 Å². The van der Waals surface area contributed by atoms with Gasteiger partial charge in [-0.3, -0.25) is 4.79 Å². The number of carboxylic acids is 2. The van der Waals surface area contributed by atoms with E-state index in [1.54, 1.807) is 6.07 Å². The number of hydrogen-bond acceptors (Lipinski definition) is 4. The summed E-state index contributed by atoms with van der Waals surface area (Å²) in [4.78, 5) is 36.5. The number of carbonyl (C=O) groups is 2. The Morgan fingerprint density at radius 3 is 2.19 bits per heavy atom. The van der Waals surface area contributed by atoms with Gasteiger partial charge in [0.05, 0.1) is 0 Å². The van der Waals surface area contributed by atoms with Gasteiger partial charge in [-0.25, -0.2) is 9.59 Å². The van der Waals surface area contributed by atoms with E-state index in [1.807, 2.05) is 4.98 Å². The Morgan fingerprint density at radius 2 is 1.67 bits per heavy atom. The fourth-order valence-corrected chi connectivity index (χ4v) is 2.21. The van der Waals surface area contributed by atoms with Gasteiger partial charge in [0.15, 0.2) is 0 Å². The minimum Gasteiger partial charge on any atom is -0.478 e. The molecule has 5 N–H and O–H groups in total. The largest absolute Gasteiger partial charge is 0.478 e. The third-order valence-corrected chi connectivity index (χ3v) is 3.15. The Balaban J connectivity index is 3.04. The molecule has 0 aliphatic heterocycles. The molecule has 0 bridgehead atoms. The number of H-pyrrole nitrogens is 1. The van der Waals surface area contributed by atoms with Gasteiger partial charge in [0.25, 0.3) is 5.56 Å². The van der Waals surface area contributed by atoms with Gasteiger partial charge in [0.1, 0.15) is 16.9 Å². The molecule has 21 heavy (non-hydrogen) atoms. The van der Waals surface area contributed by atoms with Gasteiger partial charge >= 0.3 is 11.9 Å². The molecule has 0 saturated heterocycles. The molecular formula is C13H9ClN2O5. The van der Waals surface area contributed by atoms with Crippen molar-refractivity contribution in [2.24, 2.45) is 0 Å². The number of nitrogens with two attached hydrogens (primary N) is 1. The first-order valence-corrected chi connectivity index (χ1v) is 5.99. The molecule has 8 heteroatoms. The highest BCUT2D eigenvalue weighted by molar-refractivity contribution is 6.34. The first-order chi connectivity index (χ1) is 9.84. The maximum absolute atomic E-state index is 11.8. The fourth-order valence-electron chi connectivity index (χ4n) is 1.98. The average Bonchev–Trinajstić information content (AvgIpc) is 2.37. The number of nitrogen functional groups attached to an aromatic ring is 1. The number of nitrogens with one attached hydrogen (secondary N) is 1. The van der Waals surface area contributed by atoms with E-state index in [-0.39, 0.29) is 16.1 Å². The van der Waals surface area contributed by atoms with Crippen LogP contribution in [0, 0.1) is 0 Å². The maximum Gasteiger partial charge on any atom is 0.342 e. The van der Waals surface area contributed by atoms with Crippen molar-refractivity contribution in [2.75, 3.05) is 5.73 Å². The average molecular weight is 309 g/mol. The molecule has 0 aliphatic carbocycles. The topological polar surface area (TPSA) is 133 Å². The first-order valence-electron chi connectivity index (χ1n) is 5.61. The second-order valence-corrected chi connectivity index (χ2v) is 4.49. The smallest absolute Gasteiger partial charge is 0.342 e. The number of aromatic amines is 1. The monoisotopic (exact) mass is 308 g/mol. The molecule has 1 aromatic heterocycles. The molecule has 0 unspecified atom stereocenters. The van der Waals surface area contributed by atoms with Crippen LogP contribution in [0.5, 0.6) is 0 Å². The molecule has 0 fully saturated rings. The highest BCUT2D eigenvalue weighted by Gasteiger charge is 2.27. The highest BCUT2D eigenvalue weighted by Crippen LogP contribution is 2.33. The molecule has 0 spiro atoms. The Morgan fingerprint density at radius 1 is 1.10 bits per heavy atom. The zero-order valence-corrected chi connectivity index (χ0v) is 11.1. The summed E-state index contributed by atoms with van der Waals surface area (Å²) < 4.78 is 0. The van der Waals surface area contributed by atoms with Gasteiger partial charge in [-0.2, -0.15) is 0 Å². The van der Waals surface area contributed by atoms with Crippen LogP contribution in [-0.4, -0.2) is 27.1 Å².